The SMILES string of the molecule is COc1cc(NC(=O)c2cnc[nH]2)cc(OC)c1OC. The van der Waals surface area contributed by atoms with Gasteiger partial charge in [-0.3, -0.25) is 4.79 Å². The van der Waals surface area contributed by atoms with Gasteiger partial charge in [-0.1, -0.05) is 0 Å². The molecule has 0 aliphatic heterocycles. The summed E-state index contributed by atoms with van der Waals surface area (Å²) in [5.41, 5.74) is 0.887. The fourth-order valence-corrected chi connectivity index (χ4v) is 1.73. The Labute approximate surface area is 115 Å². The molecular formula is C13H15N3O4. The molecule has 1 heterocycles. The number of aromatic amines is 1. The Morgan fingerprint density at radius 2 is 1.80 bits per heavy atom. The molecule has 2 aromatic rings. The number of carbonyl (C=O) groups is 1. The van der Waals surface area contributed by atoms with Gasteiger partial charge in [0.1, 0.15) is 5.69 Å². The van der Waals surface area contributed by atoms with Gasteiger partial charge in [0.15, 0.2) is 11.5 Å². The number of benzene rings is 1. The molecule has 1 amide bonds. The van der Waals surface area contributed by atoms with Crippen LogP contribution in [0.3, 0.4) is 0 Å². The number of imidazole rings is 1. The topological polar surface area (TPSA) is 85.5 Å². The van der Waals surface area contributed by atoms with Crippen LogP contribution in [-0.4, -0.2) is 37.2 Å². The van der Waals surface area contributed by atoms with Gasteiger partial charge in [-0.15, -0.1) is 0 Å². The third kappa shape index (κ3) is 2.66. The van der Waals surface area contributed by atoms with Gasteiger partial charge in [-0.05, 0) is 0 Å². The molecule has 0 atom stereocenters. The number of ether oxygens (including phenoxy) is 3. The second-order valence-electron chi connectivity index (χ2n) is 3.83. The molecule has 0 saturated heterocycles. The van der Waals surface area contributed by atoms with Gasteiger partial charge in [-0.25, -0.2) is 4.98 Å². The Bertz CT molecular complexity index is 571. The Morgan fingerprint density at radius 3 is 2.25 bits per heavy atom. The smallest absolute Gasteiger partial charge is 0.273 e. The summed E-state index contributed by atoms with van der Waals surface area (Å²) in [4.78, 5) is 18.5. The van der Waals surface area contributed by atoms with Gasteiger partial charge >= 0.3 is 0 Å². The van der Waals surface area contributed by atoms with Crippen LogP contribution >= 0.6 is 0 Å². The second kappa shape index (κ2) is 5.96. The highest BCUT2D eigenvalue weighted by Gasteiger charge is 2.15. The highest BCUT2D eigenvalue weighted by Crippen LogP contribution is 2.39. The van der Waals surface area contributed by atoms with Gasteiger partial charge in [0.2, 0.25) is 5.75 Å². The summed E-state index contributed by atoms with van der Waals surface area (Å²) in [6.07, 6.45) is 2.87. The first-order chi connectivity index (χ1) is 9.69. The fourth-order valence-electron chi connectivity index (χ4n) is 1.73. The van der Waals surface area contributed by atoms with Crippen LogP contribution in [0.25, 0.3) is 0 Å². The van der Waals surface area contributed by atoms with Crippen molar-refractivity contribution in [3.8, 4) is 17.2 Å². The van der Waals surface area contributed by atoms with Gasteiger partial charge in [-0.2, -0.15) is 0 Å². The Balaban J connectivity index is 2.30. The molecular weight excluding hydrogens is 262 g/mol. The summed E-state index contributed by atoms with van der Waals surface area (Å²) in [5.74, 6) is 1.09. The Kier molecular flexibility index (Phi) is 4.09. The molecule has 7 heteroatoms. The summed E-state index contributed by atoms with van der Waals surface area (Å²) >= 11 is 0. The van der Waals surface area contributed by atoms with Crippen molar-refractivity contribution in [1.29, 1.82) is 0 Å². The number of H-pyrrole nitrogens is 1. The number of methoxy groups -OCH3 is 3. The number of aromatic nitrogens is 2. The fraction of sp³-hybridized carbons (Fsp3) is 0.231. The minimum atomic E-state index is -0.309. The first-order valence-electron chi connectivity index (χ1n) is 5.79. The lowest BCUT2D eigenvalue weighted by molar-refractivity contribution is 0.102. The quantitative estimate of drug-likeness (QED) is 0.868. The zero-order chi connectivity index (χ0) is 14.5. The second-order valence-corrected chi connectivity index (χ2v) is 3.83. The van der Waals surface area contributed by atoms with Gasteiger partial charge in [0, 0.05) is 17.8 Å². The normalized spacial score (nSPS) is 9.95. The summed E-state index contributed by atoms with van der Waals surface area (Å²) in [6, 6.07) is 3.30. The summed E-state index contributed by atoms with van der Waals surface area (Å²) in [5, 5.41) is 2.72. The molecule has 0 aliphatic rings. The van der Waals surface area contributed by atoms with Gasteiger partial charge < -0.3 is 24.5 Å². The molecule has 0 fully saturated rings. The van der Waals surface area contributed by atoms with Crippen molar-refractivity contribution in [2.24, 2.45) is 0 Å². The monoisotopic (exact) mass is 277 g/mol. The van der Waals surface area contributed by atoms with Crippen molar-refractivity contribution in [2.75, 3.05) is 26.6 Å². The summed E-state index contributed by atoms with van der Waals surface area (Å²) in [7, 11) is 4.54. The van der Waals surface area contributed by atoms with Gasteiger partial charge in [0.05, 0.1) is 33.9 Å². The molecule has 106 valence electrons. The lowest BCUT2D eigenvalue weighted by Crippen LogP contribution is -2.12. The van der Waals surface area contributed by atoms with E-state index in [1.54, 1.807) is 12.1 Å². The maximum Gasteiger partial charge on any atom is 0.273 e. The predicted molar refractivity (Wildman–Crippen MR) is 72.6 cm³/mol. The first kappa shape index (κ1) is 13.7. The molecule has 0 saturated carbocycles. The van der Waals surface area contributed by atoms with Crippen molar-refractivity contribution in [2.45, 2.75) is 0 Å². The van der Waals surface area contributed by atoms with E-state index in [0.717, 1.165) is 0 Å². The minimum absolute atomic E-state index is 0.309. The molecule has 2 rings (SSSR count). The number of nitrogens with one attached hydrogen (secondary N) is 2. The molecule has 0 unspecified atom stereocenters. The van der Waals surface area contributed by atoms with Crippen LogP contribution < -0.4 is 19.5 Å². The highest BCUT2D eigenvalue weighted by atomic mass is 16.5. The van der Waals surface area contributed by atoms with Crippen LogP contribution in [0.5, 0.6) is 17.2 Å². The Hall–Kier alpha value is -2.70. The molecule has 0 aliphatic carbocycles. The zero-order valence-electron chi connectivity index (χ0n) is 11.4. The molecule has 7 nitrogen and oxygen atoms in total. The highest BCUT2D eigenvalue weighted by molar-refractivity contribution is 6.03. The zero-order valence-corrected chi connectivity index (χ0v) is 11.4. The summed E-state index contributed by atoms with van der Waals surface area (Å²) in [6.45, 7) is 0. The number of hydrogen-bond acceptors (Lipinski definition) is 5. The Morgan fingerprint density at radius 1 is 1.15 bits per heavy atom. The molecule has 0 spiro atoms. The molecule has 2 N–H and O–H groups in total. The third-order valence-corrected chi connectivity index (χ3v) is 2.67. The van der Waals surface area contributed by atoms with E-state index in [9.17, 15) is 4.79 Å². The van der Waals surface area contributed by atoms with Crippen molar-refractivity contribution in [3.05, 3.63) is 30.4 Å². The number of hydrogen-bond donors (Lipinski definition) is 2. The first-order valence-corrected chi connectivity index (χ1v) is 5.79. The van der Waals surface area contributed by atoms with E-state index in [1.807, 2.05) is 0 Å². The van der Waals surface area contributed by atoms with Crippen LogP contribution in [0.1, 0.15) is 10.5 Å². The van der Waals surface area contributed by atoms with Crippen LogP contribution in [0.2, 0.25) is 0 Å². The maximum absolute atomic E-state index is 11.9. The average molecular weight is 277 g/mol. The van der Waals surface area contributed by atoms with Crippen molar-refractivity contribution in [3.63, 3.8) is 0 Å². The van der Waals surface area contributed by atoms with Crippen LogP contribution in [-0.2, 0) is 0 Å². The third-order valence-electron chi connectivity index (χ3n) is 2.67. The number of rotatable bonds is 5. The van der Waals surface area contributed by atoms with E-state index < -0.39 is 0 Å². The van der Waals surface area contributed by atoms with Crippen LogP contribution in [0.4, 0.5) is 5.69 Å². The number of carbonyl (C=O) groups excluding carboxylic acids is 1. The van der Waals surface area contributed by atoms with E-state index in [-0.39, 0.29) is 5.91 Å². The van der Waals surface area contributed by atoms with E-state index in [2.05, 4.69) is 15.3 Å². The largest absolute Gasteiger partial charge is 0.493 e. The van der Waals surface area contributed by atoms with Gasteiger partial charge in [0.25, 0.3) is 5.91 Å². The van der Waals surface area contributed by atoms with E-state index in [0.29, 0.717) is 28.6 Å². The average Bonchev–Trinajstić information content (AvgIpc) is 3.00. The molecule has 1 aromatic heterocycles. The lowest BCUT2D eigenvalue weighted by Gasteiger charge is -2.14. The molecule has 0 bridgehead atoms. The number of anilines is 1. The molecule has 0 radical (unpaired) electrons. The van der Waals surface area contributed by atoms with E-state index in [1.165, 1.54) is 33.9 Å². The van der Waals surface area contributed by atoms with Crippen molar-refractivity contribution < 1.29 is 19.0 Å². The lowest BCUT2D eigenvalue weighted by atomic mass is 10.2. The predicted octanol–water partition coefficient (Wildman–Crippen LogP) is 1.69. The van der Waals surface area contributed by atoms with E-state index in [4.69, 9.17) is 14.2 Å². The van der Waals surface area contributed by atoms with Crippen molar-refractivity contribution >= 4 is 11.6 Å². The van der Waals surface area contributed by atoms with Crippen LogP contribution in [0, 0.1) is 0 Å². The van der Waals surface area contributed by atoms with Crippen LogP contribution in [0.15, 0.2) is 24.7 Å². The standard InChI is InChI=1S/C13H15N3O4/c1-18-10-4-8(5-11(19-2)12(10)20-3)16-13(17)9-6-14-7-15-9/h4-7H,1-3H3,(H,14,15)(H,16,17). The number of nitrogens with zero attached hydrogens (tertiary/aromatic N) is 1. The molecule has 1 aromatic carbocycles. The minimum Gasteiger partial charge on any atom is -0.493 e. The van der Waals surface area contributed by atoms with Crippen molar-refractivity contribution in [1.82, 2.24) is 9.97 Å². The van der Waals surface area contributed by atoms with E-state index >= 15 is 0 Å². The molecule has 20 heavy (non-hydrogen) atoms. The number of amides is 1. The summed E-state index contributed by atoms with van der Waals surface area (Å²) < 4.78 is 15.6. The maximum atomic E-state index is 11.9.